The molecular weight excluding hydrogens is 911 g/mol. The quantitative estimate of drug-likeness (QED) is 0.0637. The van der Waals surface area contributed by atoms with Crippen LogP contribution in [-0.2, 0) is 19.6 Å². The Hall–Kier alpha value is -9.84. The van der Waals surface area contributed by atoms with Gasteiger partial charge in [-0.15, -0.1) is 0 Å². The molecule has 360 valence electrons. The van der Waals surface area contributed by atoms with Gasteiger partial charge in [0.15, 0.2) is 6.20 Å². The molecule has 2 aromatic carbocycles. The third-order valence-electron chi connectivity index (χ3n) is 10.9. The van der Waals surface area contributed by atoms with Gasteiger partial charge in [-0.05, 0) is 93.6 Å². The van der Waals surface area contributed by atoms with Gasteiger partial charge in [-0.25, -0.2) is 19.0 Å². The Labute approximate surface area is 412 Å². The van der Waals surface area contributed by atoms with Crippen LogP contribution in [0.2, 0.25) is 0 Å². The van der Waals surface area contributed by atoms with Gasteiger partial charge >= 0.3 is 0 Å². The Morgan fingerprint density at radius 2 is 1.11 bits per heavy atom. The molecule has 1 aliphatic heterocycles. The van der Waals surface area contributed by atoms with Crippen molar-refractivity contribution in [2.24, 2.45) is 4.99 Å². The lowest BCUT2D eigenvalue weighted by Gasteiger charge is -2.10. The molecule has 72 heavy (non-hydrogen) atoms. The summed E-state index contributed by atoms with van der Waals surface area (Å²) < 4.78 is 5.97. The normalized spacial score (nSPS) is 11.0. The Kier molecular flexibility index (Phi) is 15.5. The first-order chi connectivity index (χ1) is 35.1. The molecule has 0 spiro atoms. The largest absolute Gasteiger partial charge is 0.619 e. The average Bonchev–Trinajstić information content (AvgIpc) is 3.42. The number of pyridine rings is 4. The molecule has 0 radical (unpaired) electrons. The van der Waals surface area contributed by atoms with Crippen molar-refractivity contribution in [2.45, 2.75) is 40.4 Å². The summed E-state index contributed by atoms with van der Waals surface area (Å²) in [7, 11) is 0. The summed E-state index contributed by atoms with van der Waals surface area (Å²) in [6.07, 6.45) is 11.1. The lowest BCUT2D eigenvalue weighted by atomic mass is 10.1. The summed E-state index contributed by atoms with van der Waals surface area (Å²) in [6, 6.07) is 44.2. The molecule has 0 amide bonds. The lowest BCUT2D eigenvalue weighted by Crippen LogP contribution is -2.27. The van der Waals surface area contributed by atoms with Crippen molar-refractivity contribution in [1.29, 1.82) is 0 Å². The second kappa shape index (κ2) is 23.0. The molecule has 0 unspecified atom stereocenters. The van der Waals surface area contributed by atoms with E-state index in [1.54, 1.807) is 79.5 Å². The van der Waals surface area contributed by atoms with Gasteiger partial charge in [0.25, 0.3) is 16.7 Å². The molecule has 1 aliphatic carbocycles. The predicted molar refractivity (Wildman–Crippen MR) is 276 cm³/mol. The van der Waals surface area contributed by atoms with Crippen LogP contribution in [-0.4, -0.2) is 49.2 Å². The Morgan fingerprint density at radius 3 is 1.68 bits per heavy atom. The summed E-state index contributed by atoms with van der Waals surface area (Å²) in [5.41, 5.74) is 7.96. The molecule has 2 aliphatic rings. The maximum absolute atomic E-state index is 12.7. The summed E-state index contributed by atoms with van der Waals surface area (Å²) in [5.74, 6) is 0. The zero-order chi connectivity index (χ0) is 50.4. The number of benzene rings is 3. The molecule has 18 nitrogen and oxygen atoms in total. The summed E-state index contributed by atoms with van der Waals surface area (Å²) in [4.78, 5) is 50.3. The molecule has 0 atom stereocenters. The minimum atomic E-state index is -0.248. The minimum Gasteiger partial charge on any atom is -0.619 e. The van der Waals surface area contributed by atoms with Gasteiger partial charge in [0, 0.05) is 72.7 Å². The van der Waals surface area contributed by atoms with Gasteiger partial charge in [-0.2, -0.15) is 24.8 Å². The Bertz CT molecular complexity index is 3640. The van der Waals surface area contributed by atoms with Crippen LogP contribution in [0.15, 0.2) is 208 Å². The molecule has 6 aromatic heterocycles. The molecule has 7 heterocycles. The number of aromatic nitrogens is 10. The van der Waals surface area contributed by atoms with Crippen LogP contribution in [0.4, 0.5) is 28.4 Å². The molecule has 10 rings (SSSR count). The zero-order valence-electron chi connectivity index (χ0n) is 39.5. The van der Waals surface area contributed by atoms with Crippen molar-refractivity contribution < 1.29 is 9.94 Å². The highest BCUT2D eigenvalue weighted by molar-refractivity contribution is 5.68. The number of anilines is 4. The molecule has 0 saturated heterocycles. The van der Waals surface area contributed by atoms with E-state index < -0.39 is 0 Å². The summed E-state index contributed by atoms with van der Waals surface area (Å²) in [6.45, 7) is 7.03. The molecule has 18 heteroatoms. The van der Waals surface area contributed by atoms with E-state index in [-0.39, 0.29) is 16.7 Å². The smallest absolute Gasteiger partial charge is 0.292 e. The molecule has 8 aromatic rings. The van der Waals surface area contributed by atoms with Crippen molar-refractivity contribution in [2.75, 3.05) is 10.6 Å². The SMILES string of the molecule is CCn1nc(-c2ccccc2)cc(N=c2cccc3n(O)cccc2-3)c1=O.CCn1nc(-c2ccccc2)cc(Nc2ccc[n+]([O-])c2)c1=O.CCn1nc(-c2cccnc2)cc(Nc2cccnc2)c1=O. The number of nitrogens with zero attached hydrogens (tertiary/aromatic N) is 11. The van der Waals surface area contributed by atoms with Crippen molar-refractivity contribution in [3.63, 3.8) is 0 Å². The van der Waals surface area contributed by atoms with E-state index in [1.807, 2.05) is 118 Å². The van der Waals surface area contributed by atoms with Crippen LogP contribution in [0, 0.1) is 5.21 Å². The number of aryl methyl sites for hydroxylation is 3. The molecular formula is C54H49N13O5. The van der Waals surface area contributed by atoms with Gasteiger partial charge < -0.3 is 21.0 Å². The van der Waals surface area contributed by atoms with Crippen LogP contribution in [0.5, 0.6) is 0 Å². The second-order valence-electron chi connectivity index (χ2n) is 15.8. The summed E-state index contributed by atoms with van der Waals surface area (Å²) >= 11 is 0. The predicted octanol–water partition coefficient (Wildman–Crippen LogP) is 8.08. The van der Waals surface area contributed by atoms with Crippen molar-refractivity contribution in [3.8, 4) is 45.0 Å². The van der Waals surface area contributed by atoms with Gasteiger partial charge in [0.05, 0.1) is 40.0 Å². The van der Waals surface area contributed by atoms with Gasteiger partial charge in [0.2, 0.25) is 6.20 Å². The molecule has 3 N–H and O–H groups in total. The monoisotopic (exact) mass is 959 g/mol. The second-order valence-corrected chi connectivity index (χ2v) is 15.8. The highest BCUT2D eigenvalue weighted by Crippen LogP contribution is 2.23. The first-order valence-electron chi connectivity index (χ1n) is 23.0. The van der Waals surface area contributed by atoms with Gasteiger partial charge in [-0.3, -0.25) is 24.4 Å². The first-order valence-corrected chi connectivity index (χ1v) is 23.0. The van der Waals surface area contributed by atoms with E-state index in [1.165, 1.54) is 26.4 Å². The zero-order valence-corrected chi connectivity index (χ0v) is 39.5. The van der Waals surface area contributed by atoms with Crippen molar-refractivity contribution >= 4 is 28.4 Å². The third kappa shape index (κ3) is 11.7. The van der Waals surface area contributed by atoms with Crippen LogP contribution in [0.3, 0.4) is 0 Å². The van der Waals surface area contributed by atoms with Crippen molar-refractivity contribution in [3.05, 3.63) is 231 Å². The van der Waals surface area contributed by atoms with Crippen LogP contribution >= 0.6 is 0 Å². The number of hydrogen-bond acceptors (Lipinski definition) is 13. The summed E-state index contributed by atoms with van der Waals surface area (Å²) in [5, 5.41) is 41.3. The van der Waals surface area contributed by atoms with Crippen LogP contribution < -0.4 is 37.4 Å². The van der Waals surface area contributed by atoms with E-state index in [0.717, 1.165) is 32.7 Å². The maximum atomic E-state index is 12.7. The van der Waals surface area contributed by atoms with E-state index in [9.17, 15) is 24.8 Å². The number of hydrogen-bond donors (Lipinski definition) is 3. The highest BCUT2D eigenvalue weighted by atomic mass is 16.5. The molecule has 0 saturated carbocycles. The molecule has 0 bridgehead atoms. The van der Waals surface area contributed by atoms with E-state index in [0.29, 0.717) is 75.2 Å². The average molecular weight is 960 g/mol. The van der Waals surface area contributed by atoms with E-state index in [2.05, 4.69) is 40.9 Å². The number of rotatable bonds is 11. The first kappa shape index (κ1) is 48.6. The minimum absolute atomic E-state index is 0.168. The third-order valence-corrected chi connectivity index (χ3v) is 10.9. The maximum Gasteiger partial charge on any atom is 0.292 e. The van der Waals surface area contributed by atoms with E-state index in [4.69, 9.17) is 0 Å². The standard InChI is InChI=1S/C21H18N4O2.C17H16N4O2.C16H15N5O/c1-2-24-21(26)19(14-18(23-24)15-8-4-3-5-9-15)22-17-11-6-12-20-16(17)10-7-13-25(20)27;1-2-21-17(22)16(18-14-9-6-10-20(23)12-14)11-15(19-21)13-7-4-3-5-8-13;1-2-21-16(22)15(19-13-6-4-8-18-11-13)9-14(20-21)12-5-3-7-17-10-12/h3-14,27H,2H2,1H3;3-12,18H,2H2,1H3;3-11,19H,2H2,1H3. The molecule has 0 fully saturated rings. The Morgan fingerprint density at radius 1 is 0.569 bits per heavy atom. The van der Waals surface area contributed by atoms with E-state index >= 15 is 0 Å². The number of fused-ring (bicyclic) bond motifs is 1. The highest BCUT2D eigenvalue weighted by Gasteiger charge is 2.14. The topological polar surface area (TPSA) is 219 Å². The van der Waals surface area contributed by atoms with Gasteiger partial charge in [0.1, 0.15) is 22.7 Å². The van der Waals surface area contributed by atoms with Crippen LogP contribution in [0.1, 0.15) is 20.8 Å². The fourth-order valence-electron chi connectivity index (χ4n) is 7.39. The lowest BCUT2D eigenvalue weighted by molar-refractivity contribution is -0.604. The fourth-order valence-corrected chi connectivity index (χ4v) is 7.39. The van der Waals surface area contributed by atoms with Crippen LogP contribution in [0.25, 0.3) is 45.0 Å². The Balaban J connectivity index is 0.000000145. The van der Waals surface area contributed by atoms with Crippen molar-refractivity contribution in [1.82, 2.24) is 44.0 Å². The fraction of sp³-hybridized carbons (Fsp3) is 0.111. The van der Waals surface area contributed by atoms with Gasteiger partial charge in [-0.1, -0.05) is 66.7 Å². The number of nitrogens with one attached hydrogen (secondary N) is 2.